The van der Waals surface area contributed by atoms with E-state index in [1.807, 2.05) is 31.2 Å². The van der Waals surface area contributed by atoms with Crippen molar-refractivity contribution in [3.8, 4) is 0 Å². The summed E-state index contributed by atoms with van der Waals surface area (Å²) in [6, 6.07) is 11.4. The zero-order valence-corrected chi connectivity index (χ0v) is 12.4. The number of nitrogens with one attached hydrogen (secondary N) is 1. The summed E-state index contributed by atoms with van der Waals surface area (Å²) in [5, 5.41) is 3.29. The quantitative estimate of drug-likeness (QED) is 0.655. The SMILES string of the molecule is CC(=O)c1cc(Nc2ccc(Br)cc2C)ccc1N. The van der Waals surface area contributed by atoms with Crippen LogP contribution in [0.25, 0.3) is 0 Å². The molecule has 2 aromatic rings. The maximum atomic E-state index is 11.5. The molecule has 98 valence electrons. The molecule has 3 N–H and O–H groups in total. The zero-order chi connectivity index (χ0) is 14.0. The highest BCUT2D eigenvalue weighted by atomic mass is 79.9. The number of halogens is 1. The number of carbonyl (C=O) groups excluding carboxylic acids is 1. The average molecular weight is 319 g/mol. The molecule has 0 heterocycles. The summed E-state index contributed by atoms with van der Waals surface area (Å²) >= 11 is 3.43. The second-order valence-corrected chi connectivity index (χ2v) is 5.36. The van der Waals surface area contributed by atoms with E-state index in [9.17, 15) is 4.79 Å². The number of nitrogen functional groups attached to an aromatic ring is 1. The van der Waals surface area contributed by atoms with E-state index in [2.05, 4.69) is 21.2 Å². The molecule has 0 aliphatic rings. The Balaban J connectivity index is 2.33. The molecule has 0 bridgehead atoms. The number of Topliss-reactive ketones (excluding diaryl/α,β-unsaturated/α-hetero) is 1. The van der Waals surface area contributed by atoms with Crippen molar-refractivity contribution in [3.05, 3.63) is 52.0 Å². The Morgan fingerprint density at radius 3 is 2.58 bits per heavy atom. The van der Waals surface area contributed by atoms with Crippen molar-refractivity contribution in [3.63, 3.8) is 0 Å². The Morgan fingerprint density at radius 2 is 1.95 bits per heavy atom. The maximum Gasteiger partial charge on any atom is 0.161 e. The van der Waals surface area contributed by atoms with Gasteiger partial charge in [0, 0.05) is 27.1 Å². The second-order valence-electron chi connectivity index (χ2n) is 4.44. The molecule has 0 atom stereocenters. The molecule has 0 spiro atoms. The molecule has 2 aromatic carbocycles. The highest BCUT2D eigenvalue weighted by Gasteiger charge is 2.07. The van der Waals surface area contributed by atoms with Gasteiger partial charge >= 0.3 is 0 Å². The van der Waals surface area contributed by atoms with Gasteiger partial charge in [-0.05, 0) is 55.8 Å². The van der Waals surface area contributed by atoms with Gasteiger partial charge in [0.15, 0.2) is 5.78 Å². The summed E-state index contributed by atoms with van der Waals surface area (Å²) in [4.78, 5) is 11.5. The summed E-state index contributed by atoms with van der Waals surface area (Å²) < 4.78 is 1.04. The topological polar surface area (TPSA) is 55.1 Å². The Hall–Kier alpha value is -1.81. The van der Waals surface area contributed by atoms with Crippen LogP contribution in [0.4, 0.5) is 17.1 Å². The lowest BCUT2D eigenvalue weighted by Crippen LogP contribution is -2.01. The van der Waals surface area contributed by atoms with Crippen molar-refractivity contribution in [1.82, 2.24) is 0 Å². The molecule has 0 amide bonds. The van der Waals surface area contributed by atoms with Gasteiger partial charge in [-0.1, -0.05) is 15.9 Å². The number of ketones is 1. The van der Waals surface area contributed by atoms with Crippen molar-refractivity contribution < 1.29 is 4.79 Å². The minimum absolute atomic E-state index is 0.0336. The van der Waals surface area contributed by atoms with Crippen LogP contribution in [0.15, 0.2) is 40.9 Å². The third kappa shape index (κ3) is 3.15. The van der Waals surface area contributed by atoms with Gasteiger partial charge in [-0.15, -0.1) is 0 Å². The summed E-state index contributed by atoms with van der Waals surface area (Å²) in [7, 11) is 0. The van der Waals surface area contributed by atoms with Crippen LogP contribution in [0.3, 0.4) is 0 Å². The molecule has 2 rings (SSSR count). The Bertz CT molecular complexity index is 638. The minimum atomic E-state index is -0.0336. The van der Waals surface area contributed by atoms with Crippen LogP contribution >= 0.6 is 15.9 Å². The molecule has 0 aliphatic heterocycles. The predicted molar refractivity (Wildman–Crippen MR) is 83.0 cm³/mol. The van der Waals surface area contributed by atoms with Crippen LogP contribution in [0.5, 0.6) is 0 Å². The minimum Gasteiger partial charge on any atom is -0.398 e. The number of anilines is 3. The van der Waals surface area contributed by atoms with Crippen LogP contribution in [0, 0.1) is 6.92 Å². The van der Waals surface area contributed by atoms with E-state index in [-0.39, 0.29) is 5.78 Å². The molecule has 0 radical (unpaired) electrons. The number of nitrogens with two attached hydrogens (primary N) is 1. The van der Waals surface area contributed by atoms with Crippen LogP contribution in [-0.2, 0) is 0 Å². The number of carbonyl (C=O) groups is 1. The molecule has 3 nitrogen and oxygen atoms in total. The largest absolute Gasteiger partial charge is 0.398 e. The number of hydrogen-bond donors (Lipinski definition) is 2. The first-order valence-electron chi connectivity index (χ1n) is 5.91. The van der Waals surface area contributed by atoms with Crippen LogP contribution < -0.4 is 11.1 Å². The van der Waals surface area contributed by atoms with E-state index in [0.717, 1.165) is 21.4 Å². The van der Waals surface area contributed by atoms with Crippen molar-refractivity contribution in [2.75, 3.05) is 11.1 Å². The van der Waals surface area contributed by atoms with Crippen molar-refractivity contribution in [2.45, 2.75) is 13.8 Å². The number of rotatable bonds is 3. The maximum absolute atomic E-state index is 11.5. The first kappa shape index (κ1) is 13.6. The summed E-state index contributed by atoms with van der Waals surface area (Å²) in [6.07, 6.45) is 0. The third-order valence-corrected chi connectivity index (χ3v) is 3.39. The fraction of sp³-hybridized carbons (Fsp3) is 0.133. The highest BCUT2D eigenvalue weighted by Crippen LogP contribution is 2.26. The lowest BCUT2D eigenvalue weighted by atomic mass is 10.1. The monoisotopic (exact) mass is 318 g/mol. The van der Waals surface area contributed by atoms with Gasteiger partial charge < -0.3 is 11.1 Å². The molecule has 0 saturated heterocycles. The van der Waals surface area contributed by atoms with Gasteiger partial charge in [-0.3, -0.25) is 4.79 Å². The van der Waals surface area contributed by atoms with E-state index in [1.54, 1.807) is 12.1 Å². The lowest BCUT2D eigenvalue weighted by Gasteiger charge is -2.11. The lowest BCUT2D eigenvalue weighted by molar-refractivity contribution is 0.101. The van der Waals surface area contributed by atoms with Gasteiger partial charge in [-0.2, -0.15) is 0 Å². The Labute approximate surface area is 121 Å². The smallest absolute Gasteiger partial charge is 0.161 e. The predicted octanol–water partition coefficient (Wildman–Crippen LogP) is 4.29. The van der Waals surface area contributed by atoms with E-state index in [1.165, 1.54) is 6.92 Å². The van der Waals surface area contributed by atoms with E-state index in [4.69, 9.17) is 5.73 Å². The molecule has 0 saturated carbocycles. The molecule has 0 fully saturated rings. The van der Waals surface area contributed by atoms with Crippen molar-refractivity contribution >= 4 is 38.8 Å². The van der Waals surface area contributed by atoms with Crippen LogP contribution in [0.2, 0.25) is 0 Å². The number of benzene rings is 2. The number of aryl methyl sites for hydroxylation is 1. The molecular formula is C15H15BrN2O. The van der Waals surface area contributed by atoms with Gasteiger partial charge in [0.2, 0.25) is 0 Å². The standard InChI is InChI=1S/C15H15BrN2O/c1-9-7-11(16)3-6-15(9)18-12-4-5-14(17)13(8-12)10(2)19/h3-8,18H,17H2,1-2H3. The van der Waals surface area contributed by atoms with E-state index in [0.29, 0.717) is 11.3 Å². The van der Waals surface area contributed by atoms with Gasteiger partial charge in [0.1, 0.15) is 0 Å². The first-order valence-corrected chi connectivity index (χ1v) is 6.70. The summed E-state index contributed by atoms with van der Waals surface area (Å²) in [5.74, 6) is -0.0336. The zero-order valence-electron chi connectivity index (χ0n) is 10.8. The fourth-order valence-corrected chi connectivity index (χ4v) is 2.34. The molecule has 0 aliphatic carbocycles. The fourth-order valence-electron chi connectivity index (χ4n) is 1.86. The average Bonchev–Trinajstić information content (AvgIpc) is 2.34. The van der Waals surface area contributed by atoms with E-state index < -0.39 is 0 Å². The molecule has 0 unspecified atom stereocenters. The summed E-state index contributed by atoms with van der Waals surface area (Å²) in [6.45, 7) is 3.54. The number of hydrogen-bond acceptors (Lipinski definition) is 3. The third-order valence-electron chi connectivity index (χ3n) is 2.90. The second kappa shape index (κ2) is 5.45. The molecule has 19 heavy (non-hydrogen) atoms. The normalized spacial score (nSPS) is 10.3. The van der Waals surface area contributed by atoms with Crippen molar-refractivity contribution in [1.29, 1.82) is 0 Å². The van der Waals surface area contributed by atoms with Gasteiger partial charge in [-0.25, -0.2) is 0 Å². The highest BCUT2D eigenvalue weighted by molar-refractivity contribution is 9.10. The Kier molecular flexibility index (Phi) is 3.90. The van der Waals surface area contributed by atoms with Gasteiger partial charge in [0.05, 0.1) is 0 Å². The van der Waals surface area contributed by atoms with Crippen molar-refractivity contribution in [2.24, 2.45) is 0 Å². The van der Waals surface area contributed by atoms with Crippen LogP contribution in [-0.4, -0.2) is 5.78 Å². The van der Waals surface area contributed by atoms with E-state index >= 15 is 0 Å². The molecule has 0 aromatic heterocycles. The van der Waals surface area contributed by atoms with Gasteiger partial charge in [0.25, 0.3) is 0 Å². The molecular weight excluding hydrogens is 304 g/mol. The Morgan fingerprint density at radius 1 is 1.21 bits per heavy atom. The van der Waals surface area contributed by atoms with Crippen LogP contribution in [0.1, 0.15) is 22.8 Å². The molecule has 4 heteroatoms. The summed E-state index contributed by atoms with van der Waals surface area (Å²) in [5.41, 5.74) is 9.80. The first-order chi connectivity index (χ1) is 8.97.